The van der Waals surface area contributed by atoms with E-state index in [1.54, 1.807) is 36.7 Å². The smallest absolute Gasteiger partial charge is 0.264 e. The molecule has 0 unspecified atom stereocenters. The van der Waals surface area contributed by atoms with Crippen LogP contribution in [-0.2, 0) is 18.4 Å². The van der Waals surface area contributed by atoms with Gasteiger partial charge in [-0.1, -0.05) is 0 Å². The minimum absolute atomic E-state index is 0.120. The molecule has 0 bridgehead atoms. The Balaban J connectivity index is 1.49. The summed E-state index contributed by atoms with van der Waals surface area (Å²) in [6.07, 6.45) is 4.56. The number of carbonyl (C=O) groups excluding carboxylic acids is 1. The number of thiazole rings is 1. The molecule has 3 aromatic heterocycles. The summed E-state index contributed by atoms with van der Waals surface area (Å²) in [5.41, 5.74) is 1.83. The fourth-order valence-corrected chi connectivity index (χ4v) is 3.24. The van der Waals surface area contributed by atoms with E-state index in [1.807, 2.05) is 17.5 Å². The van der Waals surface area contributed by atoms with Crippen LogP contribution in [0.15, 0.2) is 53.2 Å². The van der Waals surface area contributed by atoms with Crippen LogP contribution in [0.25, 0.3) is 21.6 Å². The molecule has 0 spiro atoms. The van der Waals surface area contributed by atoms with E-state index in [1.165, 1.54) is 21.8 Å². The molecule has 0 radical (unpaired) electrons. The molecule has 1 aromatic carbocycles. The maximum Gasteiger partial charge on any atom is 0.264 e. The van der Waals surface area contributed by atoms with Crippen LogP contribution in [-0.4, -0.2) is 30.2 Å². The first-order valence-electron chi connectivity index (χ1n) is 7.79. The number of aromatic nitrogens is 5. The first-order valence-corrected chi connectivity index (χ1v) is 8.67. The third kappa shape index (κ3) is 3.00. The van der Waals surface area contributed by atoms with Crippen LogP contribution in [0.5, 0.6) is 0 Å². The lowest BCUT2D eigenvalue weighted by Gasteiger charge is -2.08. The number of amides is 1. The summed E-state index contributed by atoms with van der Waals surface area (Å²) in [6, 6.07) is 7.40. The summed E-state index contributed by atoms with van der Waals surface area (Å²) in [5.74, 6) is -0.306. The van der Waals surface area contributed by atoms with Gasteiger partial charge in [0.05, 0.1) is 6.20 Å². The zero-order valence-corrected chi connectivity index (χ0v) is 14.6. The van der Waals surface area contributed by atoms with Gasteiger partial charge < -0.3 is 5.32 Å². The first-order chi connectivity index (χ1) is 12.6. The quantitative estimate of drug-likeness (QED) is 0.595. The number of hydrogen-bond acceptors (Lipinski definition) is 6. The van der Waals surface area contributed by atoms with Gasteiger partial charge in [0.2, 0.25) is 5.91 Å². The summed E-state index contributed by atoms with van der Waals surface area (Å²) < 4.78 is 2.79. The van der Waals surface area contributed by atoms with Gasteiger partial charge in [-0.25, -0.2) is 9.97 Å². The summed E-state index contributed by atoms with van der Waals surface area (Å²) >= 11 is 1.55. The van der Waals surface area contributed by atoms with E-state index in [-0.39, 0.29) is 18.0 Å². The van der Waals surface area contributed by atoms with Crippen LogP contribution in [0.4, 0.5) is 5.69 Å². The van der Waals surface area contributed by atoms with Crippen molar-refractivity contribution in [2.24, 2.45) is 7.05 Å². The standard InChI is InChI=1S/C17H14N6O2S/c1-22-15-13(8-20-22)17(25)23(10-19-15)9-14(24)21-12-4-2-11(3-5-12)16-18-6-7-26-16/h2-8,10H,9H2,1H3,(H,21,24). The minimum atomic E-state index is -0.306. The van der Waals surface area contributed by atoms with Crippen molar-refractivity contribution in [2.75, 3.05) is 5.32 Å². The van der Waals surface area contributed by atoms with Crippen molar-refractivity contribution in [1.82, 2.24) is 24.3 Å². The second-order valence-electron chi connectivity index (χ2n) is 5.65. The van der Waals surface area contributed by atoms with Gasteiger partial charge in [0.25, 0.3) is 5.56 Å². The van der Waals surface area contributed by atoms with E-state index in [0.29, 0.717) is 16.7 Å². The number of aryl methyl sites for hydroxylation is 1. The van der Waals surface area contributed by atoms with Crippen molar-refractivity contribution in [3.05, 3.63) is 58.7 Å². The Morgan fingerprint density at radius 2 is 2.04 bits per heavy atom. The number of rotatable bonds is 4. The molecular weight excluding hydrogens is 352 g/mol. The molecule has 4 rings (SSSR count). The van der Waals surface area contributed by atoms with Crippen molar-refractivity contribution in [3.63, 3.8) is 0 Å². The van der Waals surface area contributed by atoms with Crippen molar-refractivity contribution >= 4 is 34.0 Å². The van der Waals surface area contributed by atoms with E-state index in [2.05, 4.69) is 20.4 Å². The van der Waals surface area contributed by atoms with Crippen molar-refractivity contribution < 1.29 is 4.79 Å². The Morgan fingerprint density at radius 3 is 2.77 bits per heavy atom. The van der Waals surface area contributed by atoms with Crippen LogP contribution in [0.2, 0.25) is 0 Å². The predicted molar refractivity (Wildman–Crippen MR) is 98.9 cm³/mol. The molecule has 26 heavy (non-hydrogen) atoms. The summed E-state index contributed by atoms with van der Waals surface area (Å²) in [4.78, 5) is 33.1. The maximum absolute atomic E-state index is 12.4. The van der Waals surface area contributed by atoms with Crippen molar-refractivity contribution in [1.29, 1.82) is 0 Å². The number of benzene rings is 1. The number of anilines is 1. The summed E-state index contributed by atoms with van der Waals surface area (Å²) in [7, 11) is 1.71. The highest BCUT2D eigenvalue weighted by atomic mass is 32.1. The molecule has 0 aliphatic carbocycles. The molecule has 0 aliphatic heterocycles. The Kier molecular flexibility index (Phi) is 4.05. The van der Waals surface area contributed by atoms with Gasteiger partial charge in [-0.15, -0.1) is 11.3 Å². The van der Waals surface area contributed by atoms with Gasteiger partial charge in [-0.2, -0.15) is 5.10 Å². The first kappa shape index (κ1) is 16.2. The highest BCUT2D eigenvalue weighted by molar-refractivity contribution is 7.13. The molecule has 4 aromatic rings. The SMILES string of the molecule is Cn1ncc2c(=O)n(CC(=O)Nc3ccc(-c4nccs4)cc3)cnc21. The molecule has 0 saturated carbocycles. The summed E-state index contributed by atoms with van der Waals surface area (Å²) in [6.45, 7) is -0.120. The fraction of sp³-hybridized carbons (Fsp3) is 0.118. The fourth-order valence-electron chi connectivity index (χ4n) is 2.60. The van der Waals surface area contributed by atoms with Gasteiger partial charge in [-0.3, -0.25) is 18.8 Å². The largest absolute Gasteiger partial charge is 0.325 e. The van der Waals surface area contributed by atoms with Crippen LogP contribution < -0.4 is 10.9 Å². The monoisotopic (exact) mass is 366 g/mol. The summed E-state index contributed by atoms with van der Waals surface area (Å²) in [5, 5.41) is 10.0. The van der Waals surface area contributed by atoms with Gasteiger partial charge in [0.1, 0.15) is 23.3 Å². The Bertz CT molecular complexity index is 1130. The van der Waals surface area contributed by atoms with Crippen LogP contribution >= 0.6 is 11.3 Å². The van der Waals surface area contributed by atoms with E-state index in [9.17, 15) is 9.59 Å². The Labute approximate surface area is 151 Å². The van der Waals surface area contributed by atoms with Gasteiger partial charge in [-0.05, 0) is 24.3 Å². The van der Waals surface area contributed by atoms with E-state index < -0.39 is 0 Å². The third-order valence-corrected chi connectivity index (χ3v) is 4.70. The zero-order valence-electron chi connectivity index (χ0n) is 13.8. The number of hydrogen-bond donors (Lipinski definition) is 1. The van der Waals surface area contributed by atoms with Crippen molar-refractivity contribution in [3.8, 4) is 10.6 Å². The highest BCUT2D eigenvalue weighted by Crippen LogP contribution is 2.23. The Morgan fingerprint density at radius 1 is 1.23 bits per heavy atom. The molecule has 0 saturated heterocycles. The molecule has 0 atom stereocenters. The average Bonchev–Trinajstić information content (AvgIpc) is 3.29. The molecule has 3 heterocycles. The van der Waals surface area contributed by atoms with Gasteiger partial charge in [0.15, 0.2) is 5.65 Å². The van der Waals surface area contributed by atoms with Gasteiger partial charge in [0, 0.05) is 29.9 Å². The Hall–Kier alpha value is -3.33. The molecule has 9 heteroatoms. The van der Waals surface area contributed by atoms with Crippen LogP contribution in [0.3, 0.4) is 0 Å². The van der Waals surface area contributed by atoms with Crippen LogP contribution in [0, 0.1) is 0 Å². The van der Waals surface area contributed by atoms with E-state index >= 15 is 0 Å². The number of nitrogens with zero attached hydrogens (tertiary/aromatic N) is 5. The molecule has 1 N–H and O–H groups in total. The maximum atomic E-state index is 12.4. The zero-order chi connectivity index (χ0) is 18.1. The van der Waals surface area contributed by atoms with Gasteiger partial charge >= 0.3 is 0 Å². The third-order valence-electron chi connectivity index (χ3n) is 3.88. The lowest BCUT2D eigenvalue weighted by atomic mass is 10.2. The second kappa shape index (κ2) is 6.52. The predicted octanol–water partition coefficient (Wildman–Crippen LogP) is 1.89. The molecule has 1 amide bonds. The highest BCUT2D eigenvalue weighted by Gasteiger charge is 2.11. The molecular formula is C17H14N6O2S. The van der Waals surface area contributed by atoms with Crippen LogP contribution in [0.1, 0.15) is 0 Å². The number of carbonyl (C=O) groups is 1. The molecule has 130 valence electrons. The van der Waals surface area contributed by atoms with Crippen molar-refractivity contribution in [2.45, 2.75) is 6.54 Å². The molecule has 0 aliphatic rings. The lowest BCUT2D eigenvalue weighted by Crippen LogP contribution is -2.27. The number of nitrogens with one attached hydrogen (secondary N) is 1. The second-order valence-corrected chi connectivity index (χ2v) is 6.54. The lowest BCUT2D eigenvalue weighted by molar-refractivity contribution is -0.116. The average molecular weight is 366 g/mol. The molecule has 8 nitrogen and oxygen atoms in total. The van der Waals surface area contributed by atoms with E-state index in [4.69, 9.17) is 0 Å². The molecule has 0 fully saturated rings. The topological polar surface area (TPSA) is 94.7 Å². The number of fused-ring (bicyclic) bond motifs is 1. The normalized spacial score (nSPS) is 11.0. The minimum Gasteiger partial charge on any atom is -0.325 e. The van der Waals surface area contributed by atoms with E-state index in [0.717, 1.165) is 10.6 Å².